The van der Waals surface area contributed by atoms with Crippen LogP contribution in [0.15, 0.2) is 30.6 Å². The van der Waals surface area contributed by atoms with Crippen molar-refractivity contribution in [3.8, 4) is 5.88 Å². The molecule has 1 aliphatic rings. The highest BCUT2D eigenvalue weighted by Crippen LogP contribution is 2.36. The minimum absolute atomic E-state index is 0.140. The van der Waals surface area contributed by atoms with Crippen molar-refractivity contribution >= 4 is 38.2 Å². The van der Waals surface area contributed by atoms with Gasteiger partial charge < -0.3 is 20.5 Å². The van der Waals surface area contributed by atoms with Crippen molar-refractivity contribution in [3.63, 3.8) is 0 Å². The first-order valence-corrected chi connectivity index (χ1v) is 14.5. The Morgan fingerprint density at radius 1 is 1.12 bits per heavy atom. The Labute approximate surface area is 229 Å². The number of fused-ring (bicyclic) bond motifs is 2. The van der Waals surface area contributed by atoms with Crippen molar-refractivity contribution in [2.24, 2.45) is 5.73 Å². The molecule has 0 aliphatic carbocycles. The maximum absolute atomic E-state index is 13.7. The third-order valence-electron chi connectivity index (χ3n) is 6.63. The zero-order chi connectivity index (χ0) is 29.6. The fourth-order valence-corrected chi connectivity index (χ4v) is 4.93. The third kappa shape index (κ3) is 6.44. The van der Waals surface area contributed by atoms with Gasteiger partial charge in [0.1, 0.15) is 27.6 Å². The molecule has 4 heterocycles. The van der Waals surface area contributed by atoms with Gasteiger partial charge in [-0.2, -0.15) is 13.2 Å². The van der Waals surface area contributed by atoms with Crippen LogP contribution in [-0.2, 0) is 20.1 Å². The van der Waals surface area contributed by atoms with Crippen LogP contribution in [0.5, 0.6) is 5.88 Å². The molecule has 3 aromatic heterocycles. The van der Waals surface area contributed by atoms with E-state index in [2.05, 4.69) is 20.3 Å². The summed E-state index contributed by atoms with van der Waals surface area (Å²) in [6.07, 6.45) is -4.88. The SMILES string of the molecule is C[C@@H]1OC(=O)c2ccc(Nc3cc4c(C(C)(C)N)cnc(O[C@@H](CCS(C)(=O)=O)C(F)(F)F)c4cn3)nc2[C@H]1C. The normalized spacial score (nSPS) is 18.7. The van der Waals surface area contributed by atoms with Crippen LogP contribution in [-0.4, -0.2) is 59.7 Å². The molecule has 0 radical (unpaired) electrons. The Morgan fingerprint density at radius 3 is 2.45 bits per heavy atom. The predicted molar refractivity (Wildman–Crippen MR) is 142 cm³/mol. The Kier molecular flexibility index (Phi) is 7.71. The van der Waals surface area contributed by atoms with Crippen LogP contribution in [0.2, 0.25) is 0 Å². The molecule has 0 fully saturated rings. The van der Waals surface area contributed by atoms with Crippen molar-refractivity contribution in [1.29, 1.82) is 0 Å². The summed E-state index contributed by atoms with van der Waals surface area (Å²) in [5.74, 6) is -0.947. The number of rotatable bonds is 8. The molecule has 0 unspecified atom stereocenters. The molecule has 0 spiro atoms. The summed E-state index contributed by atoms with van der Waals surface area (Å²) in [6, 6.07) is 4.79. The number of cyclic esters (lactones) is 1. The highest BCUT2D eigenvalue weighted by atomic mass is 32.2. The van der Waals surface area contributed by atoms with Gasteiger partial charge in [-0.15, -0.1) is 0 Å². The van der Waals surface area contributed by atoms with Gasteiger partial charge in [-0.25, -0.2) is 28.2 Å². The van der Waals surface area contributed by atoms with E-state index in [1.165, 1.54) is 12.4 Å². The Morgan fingerprint density at radius 2 is 1.82 bits per heavy atom. The molecule has 14 heteroatoms. The molecular weight excluding hydrogens is 551 g/mol. The summed E-state index contributed by atoms with van der Waals surface area (Å²) >= 11 is 0. The van der Waals surface area contributed by atoms with Gasteiger partial charge in [-0.05, 0) is 49.9 Å². The van der Waals surface area contributed by atoms with Crippen molar-refractivity contribution in [3.05, 3.63) is 47.4 Å². The number of carbonyl (C=O) groups excluding carboxylic acids is 1. The number of ether oxygens (including phenoxy) is 2. The van der Waals surface area contributed by atoms with E-state index >= 15 is 0 Å². The molecule has 216 valence electrons. The second kappa shape index (κ2) is 10.5. The summed E-state index contributed by atoms with van der Waals surface area (Å²) in [5, 5.41) is 3.67. The highest BCUT2D eigenvalue weighted by Gasteiger charge is 2.42. The molecule has 0 bridgehead atoms. The van der Waals surface area contributed by atoms with Gasteiger partial charge in [0, 0.05) is 36.5 Å². The molecule has 1 aliphatic heterocycles. The second-order valence-corrected chi connectivity index (χ2v) is 12.8. The number of aromatic nitrogens is 3. The number of alkyl halides is 3. The maximum Gasteiger partial charge on any atom is 0.425 e. The third-order valence-corrected chi connectivity index (χ3v) is 7.61. The van der Waals surface area contributed by atoms with Crippen molar-refractivity contribution in [2.75, 3.05) is 17.3 Å². The van der Waals surface area contributed by atoms with Crippen molar-refractivity contribution in [1.82, 2.24) is 15.0 Å². The lowest BCUT2D eigenvalue weighted by Crippen LogP contribution is -2.36. The molecular formula is C26H30F3N5O5S. The summed E-state index contributed by atoms with van der Waals surface area (Å²) in [7, 11) is -3.66. The summed E-state index contributed by atoms with van der Waals surface area (Å²) in [6.45, 7) is 7.12. The first-order chi connectivity index (χ1) is 18.4. The van der Waals surface area contributed by atoms with E-state index in [9.17, 15) is 26.4 Å². The van der Waals surface area contributed by atoms with Crippen LogP contribution in [0.3, 0.4) is 0 Å². The number of hydrogen-bond acceptors (Lipinski definition) is 10. The minimum atomic E-state index is -4.83. The number of sulfone groups is 1. The van der Waals surface area contributed by atoms with Crippen LogP contribution in [0.25, 0.3) is 10.8 Å². The second-order valence-electron chi connectivity index (χ2n) is 10.5. The van der Waals surface area contributed by atoms with Gasteiger partial charge >= 0.3 is 12.1 Å². The van der Waals surface area contributed by atoms with E-state index < -0.39 is 45.8 Å². The average molecular weight is 582 g/mol. The minimum Gasteiger partial charge on any atom is -0.464 e. The number of nitrogens with two attached hydrogens (primary N) is 1. The Bertz CT molecular complexity index is 1560. The molecule has 3 atom stereocenters. The number of halogens is 3. The number of nitrogens with zero attached hydrogens (tertiary/aromatic N) is 3. The first kappa shape index (κ1) is 29.5. The first-order valence-electron chi connectivity index (χ1n) is 12.4. The van der Waals surface area contributed by atoms with Gasteiger partial charge in [0.15, 0.2) is 6.10 Å². The molecule has 0 amide bonds. The predicted octanol–water partition coefficient (Wildman–Crippen LogP) is 4.37. The molecule has 3 aromatic rings. The fraction of sp³-hybridized carbons (Fsp3) is 0.462. The Balaban J connectivity index is 1.73. The molecule has 4 rings (SSSR count). The van der Waals surface area contributed by atoms with Crippen LogP contribution in [0, 0.1) is 0 Å². The molecule has 0 aromatic carbocycles. The van der Waals surface area contributed by atoms with Gasteiger partial charge in [0.25, 0.3) is 0 Å². The van der Waals surface area contributed by atoms with E-state index in [1.54, 1.807) is 39.0 Å². The lowest BCUT2D eigenvalue weighted by atomic mass is 9.93. The number of pyridine rings is 3. The lowest BCUT2D eigenvalue weighted by Gasteiger charge is -2.27. The molecule has 0 saturated carbocycles. The number of anilines is 2. The van der Waals surface area contributed by atoms with E-state index in [4.69, 9.17) is 15.2 Å². The van der Waals surface area contributed by atoms with E-state index in [0.29, 0.717) is 33.8 Å². The van der Waals surface area contributed by atoms with Gasteiger partial charge in [-0.1, -0.05) is 6.92 Å². The molecule has 10 nitrogen and oxygen atoms in total. The van der Waals surface area contributed by atoms with Crippen LogP contribution >= 0.6 is 0 Å². The zero-order valence-corrected chi connectivity index (χ0v) is 23.4. The van der Waals surface area contributed by atoms with Crippen molar-refractivity contribution < 1.29 is 35.9 Å². The molecule has 0 saturated heterocycles. The van der Waals surface area contributed by atoms with Crippen LogP contribution < -0.4 is 15.8 Å². The number of nitrogens with one attached hydrogen (secondary N) is 1. The zero-order valence-electron chi connectivity index (χ0n) is 22.5. The largest absolute Gasteiger partial charge is 0.464 e. The van der Waals surface area contributed by atoms with E-state index in [-0.39, 0.29) is 23.3 Å². The van der Waals surface area contributed by atoms with Crippen LogP contribution in [0.4, 0.5) is 24.8 Å². The molecule has 3 N–H and O–H groups in total. The summed E-state index contributed by atoms with van der Waals surface area (Å²) in [5.41, 5.74) is 6.87. The monoisotopic (exact) mass is 581 g/mol. The molecule has 40 heavy (non-hydrogen) atoms. The van der Waals surface area contributed by atoms with Crippen molar-refractivity contribution in [2.45, 2.75) is 64.0 Å². The van der Waals surface area contributed by atoms with Gasteiger partial charge in [-0.3, -0.25) is 0 Å². The topological polar surface area (TPSA) is 146 Å². The van der Waals surface area contributed by atoms with Crippen LogP contribution in [0.1, 0.15) is 61.6 Å². The number of carbonyl (C=O) groups is 1. The average Bonchev–Trinajstić information content (AvgIpc) is 2.82. The number of esters is 1. The quantitative estimate of drug-likeness (QED) is 0.368. The summed E-state index contributed by atoms with van der Waals surface area (Å²) in [4.78, 5) is 25.2. The fourth-order valence-electron chi connectivity index (χ4n) is 4.28. The van der Waals surface area contributed by atoms with Gasteiger partial charge in [0.05, 0.1) is 22.4 Å². The number of hydrogen-bond donors (Lipinski definition) is 2. The maximum atomic E-state index is 13.7. The van der Waals surface area contributed by atoms with E-state index in [1.807, 2.05) is 6.92 Å². The Hall–Kier alpha value is -3.52. The standard InChI is InChI=1S/C26H30F3N5O5S/c1-13-14(2)38-24(35)15-6-7-20(34-22(13)15)33-21-10-16-17(11-31-21)23(32-12-18(16)25(3,4)30)39-19(26(27,28)29)8-9-40(5,36)37/h6-7,10-14,19H,8-9,30H2,1-5H3,(H,31,33,34)/t13-,14-,19-/m0/s1. The lowest BCUT2D eigenvalue weighted by molar-refractivity contribution is -0.195. The van der Waals surface area contributed by atoms with Gasteiger partial charge in [0.2, 0.25) is 5.88 Å². The smallest absolute Gasteiger partial charge is 0.425 e. The van der Waals surface area contributed by atoms with E-state index in [0.717, 1.165) is 6.26 Å². The summed E-state index contributed by atoms with van der Waals surface area (Å²) < 4.78 is 74.7. The highest BCUT2D eigenvalue weighted by molar-refractivity contribution is 7.90.